The number of aryl methyl sites for hydroxylation is 2. The molecular weight excluding hydrogens is 162 g/mol. The van der Waals surface area contributed by atoms with Gasteiger partial charge in [0, 0.05) is 6.20 Å². The fraction of sp³-hybridized carbons (Fsp3) is 0.545. The van der Waals surface area contributed by atoms with Crippen molar-refractivity contribution in [1.29, 1.82) is 0 Å². The normalized spacial score (nSPS) is 8.69. The van der Waals surface area contributed by atoms with Gasteiger partial charge >= 0.3 is 0 Å². The molecule has 0 radical (unpaired) electrons. The van der Waals surface area contributed by atoms with E-state index in [0.29, 0.717) is 0 Å². The predicted molar refractivity (Wildman–Crippen MR) is 56.3 cm³/mol. The number of ether oxygens (including phenoxy) is 1. The molecule has 0 unspecified atom stereocenters. The summed E-state index contributed by atoms with van der Waals surface area (Å²) in [7, 11) is 1.68. The van der Waals surface area contributed by atoms with E-state index in [4.69, 9.17) is 4.74 Å². The first kappa shape index (κ1) is 11.9. The van der Waals surface area contributed by atoms with Crippen LogP contribution in [0.15, 0.2) is 12.3 Å². The lowest BCUT2D eigenvalue weighted by Gasteiger charge is -2.05. The molecule has 0 fully saturated rings. The second-order valence-corrected chi connectivity index (χ2v) is 2.52. The Bertz CT molecular complexity index is 246. The van der Waals surface area contributed by atoms with Crippen LogP contribution in [0.1, 0.15) is 32.0 Å². The fourth-order valence-corrected chi connectivity index (χ4v) is 1.01. The zero-order valence-corrected chi connectivity index (χ0v) is 9.22. The van der Waals surface area contributed by atoms with Crippen LogP contribution >= 0.6 is 0 Å². The summed E-state index contributed by atoms with van der Waals surface area (Å²) in [6.45, 7) is 8.08. The van der Waals surface area contributed by atoms with Gasteiger partial charge in [0.15, 0.2) is 0 Å². The van der Waals surface area contributed by atoms with Gasteiger partial charge in [0.1, 0.15) is 5.75 Å². The highest BCUT2D eigenvalue weighted by atomic mass is 16.5. The van der Waals surface area contributed by atoms with E-state index in [1.165, 1.54) is 0 Å². The van der Waals surface area contributed by atoms with Gasteiger partial charge in [0.05, 0.1) is 12.8 Å². The van der Waals surface area contributed by atoms with Gasteiger partial charge in [-0.3, -0.25) is 4.98 Å². The molecule has 0 bridgehead atoms. The van der Waals surface area contributed by atoms with Crippen LogP contribution in [0, 0.1) is 6.92 Å². The van der Waals surface area contributed by atoms with Crippen molar-refractivity contribution in [3.8, 4) is 5.75 Å². The van der Waals surface area contributed by atoms with Gasteiger partial charge in [-0.15, -0.1) is 0 Å². The molecule has 0 atom stereocenters. The lowest BCUT2D eigenvalue weighted by Crippen LogP contribution is -1.94. The average molecular weight is 181 g/mol. The van der Waals surface area contributed by atoms with Gasteiger partial charge in [-0.1, -0.05) is 20.8 Å². The van der Waals surface area contributed by atoms with Crippen LogP contribution in [0.3, 0.4) is 0 Å². The van der Waals surface area contributed by atoms with E-state index >= 15 is 0 Å². The maximum Gasteiger partial charge on any atom is 0.140 e. The van der Waals surface area contributed by atoms with Crippen molar-refractivity contribution in [3.63, 3.8) is 0 Å². The number of pyridine rings is 1. The topological polar surface area (TPSA) is 22.1 Å². The van der Waals surface area contributed by atoms with Crippen LogP contribution in [0.4, 0.5) is 0 Å². The van der Waals surface area contributed by atoms with Crippen molar-refractivity contribution in [2.75, 3.05) is 7.11 Å². The Morgan fingerprint density at radius 2 is 2.00 bits per heavy atom. The lowest BCUT2D eigenvalue weighted by atomic mass is 10.2. The smallest absolute Gasteiger partial charge is 0.140 e. The van der Waals surface area contributed by atoms with Gasteiger partial charge in [-0.25, -0.2) is 0 Å². The van der Waals surface area contributed by atoms with Crippen molar-refractivity contribution < 1.29 is 4.74 Å². The largest absolute Gasteiger partial charge is 0.495 e. The van der Waals surface area contributed by atoms with Crippen LogP contribution in [-0.4, -0.2) is 12.1 Å². The minimum absolute atomic E-state index is 0.896. The molecule has 0 amide bonds. The van der Waals surface area contributed by atoms with E-state index in [2.05, 4.69) is 11.9 Å². The first-order chi connectivity index (χ1) is 6.27. The minimum atomic E-state index is 0.896. The maximum absolute atomic E-state index is 5.15. The number of methoxy groups -OCH3 is 1. The molecule has 13 heavy (non-hydrogen) atoms. The highest BCUT2D eigenvalue weighted by Crippen LogP contribution is 2.16. The summed E-state index contributed by atoms with van der Waals surface area (Å²) in [6.07, 6.45) is 2.78. The summed E-state index contributed by atoms with van der Waals surface area (Å²) in [4.78, 5) is 4.24. The molecule has 2 heteroatoms. The summed E-state index contributed by atoms with van der Waals surface area (Å²) in [6, 6.07) is 2.01. The third-order valence-electron chi connectivity index (χ3n) is 1.62. The number of hydrogen-bond acceptors (Lipinski definition) is 2. The predicted octanol–water partition coefficient (Wildman–Crippen LogP) is 2.99. The lowest BCUT2D eigenvalue weighted by molar-refractivity contribution is 0.407. The molecule has 0 N–H and O–H groups in total. The second-order valence-electron chi connectivity index (χ2n) is 2.52. The third kappa shape index (κ3) is 3.45. The molecule has 2 nitrogen and oxygen atoms in total. The van der Waals surface area contributed by atoms with E-state index in [9.17, 15) is 0 Å². The number of hydrogen-bond donors (Lipinski definition) is 0. The van der Waals surface area contributed by atoms with Crippen LogP contribution in [-0.2, 0) is 6.42 Å². The standard InChI is InChI=1S/C9H13NO.C2H6/c1-4-8-9(11-3)5-7(2)6-10-8;1-2/h5-6H,4H2,1-3H3;1-2H3. The molecule has 74 valence electrons. The highest BCUT2D eigenvalue weighted by molar-refractivity contribution is 5.30. The molecule has 0 spiro atoms. The summed E-state index contributed by atoms with van der Waals surface area (Å²) < 4.78 is 5.15. The summed E-state index contributed by atoms with van der Waals surface area (Å²) >= 11 is 0. The molecule has 1 rings (SSSR count). The van der Waals surface area contributed by atoms with Crippen LogP contribution in [0.5, 0.6) is 5.75 Å². The molecule has 0 aliphatic carbocycles. The molecule has 0 aliphatic heterocycles. The quantitative estimate of drug-likeness (QED) is 0.699. The summed E-state index contributed by atoms with van der Waals surface area (Å²) in [5.41, 5.74) is 2.16. The molecule has 1 aromatic rings. The minimum Gasteiger partial charge on any atom is -0.495 e. The van der Waals surface area contributed by atoms with Crippen LogP contribution < -0.4 is 4.74 Å². The molecule has 0 aliphatic rings. The van der Waals surface area contributed by atoms with Gasteiger partial charge in [0.25, 0.3) is 0 Å². The van der Waals surface area contributed by atoms with Crippen LogP contribution in [0.2, 0.25) is 0 Å². The zero-order valence-electron chi connectivity index (χ0n) is 9.22. The Morgan fingerprint density at radius 1 is 1.38 bits per heavy atom. The first-order valence-corrected chi connectivity index (χ1v) is 4.77. The summed E-state index contributed by atoms with van der Waals surface area (Å²) in [5.74, 6) is 0.896. The Kier molecular flexibility index (Phi) is 5.94. The van der Waals surface area contributed by atoms with E-state index < -0.39 is 0 Å². The van der Waals surface area contributed by atoms with E-state index in [-0.39, 0.29) is 0 Å². The van der Waals surface area contributed by atoms with Crippen molar-refractivity contribution in [2.45, 2.75) is 34.1 Å². The van der Waals surface area contributed by atoms with Crippen LogP contribution in [0.25, 0.3) is 0 Å². The Labute approximate surface area is 81.0 Å². The second kappa shape index (κ2) is 6.46. The Hall–Kier alpha value is -1.05. The van der Waals surface area contributed by atoms with E-state index in [1.54, 1.807) is 7.11 Å². The Morgan fingerprint density at radius 3 is 2.46 bits per heavy atom. The number of aromatic nitrogens is 1. The van der Waals surface area contributed by atoms with E-state index in [0.717, 1.165) is 23.4 Å². The van der Waals surface area contributed by atoms with Gasteiger partial charge in [0.2, 0.25) is 0 Å². The third-order valence-corrected chi connectivity index (χ3v) is 1.62. The monoisotopic (exact) mass is 181 g/mol. The zero-order chi connectivity index (χ0) is 10.3. The average Bonchev–Trinajstić information content (AvgIpc) is 2.20. The van der Waals surface area contributed by atoms with Crippen molar-refractivity contribution in [3.05, 3.63) is 23.5 Å². The van der Waals surface area contributed by atoms with Gasteiger partial charge in [-0.05, 0) is 25.0 Å². The first-order valence-electron chi connectivity index (χ1n) is 4.77. The molecule has 0 saturated carbocycles. The highest BCUT2D eigenvalue weighted by Gasteiger charge is 2.00. The van der Waals surface area contributed by atoms with Gasteiger partial charge in [-0.2, -0.15) is 0 Å². The SMILES string of the molecule is CC.CCc1ncc(C)cc1OC. The van der Waals surface area contributed by atoms with Gasteiger partial charge < -0.3 is 4.74 Å². The molecule has 0 saturated heterocycles. The number of nitrogens with zero attached hydrogens (tertiary/aromatic N) is 1. The molecular formula is C11H19NO. The summed E-state index contributed by atoms with van der Waals surface area (Å²) in [5, 5.41) is 0. The number of rotatable bonds is 2. The molecule has 1 aromatic heterocycles. The Balaban J connectivity index is 0.000000671. The van der Waals surface area contributed by atoms with E-state index in [1.807, 2.05) is 33.0 Å². The van der Waals surface area contributed by atoms with Crippen molar-refractivity contribution in [1.82, 2.24) is 4.98 Å². The fourth-order valence-electron chi connectivity index (χ4n) is 1.01. The maximum atomic E-state index is 5.15. The molecule has 0 aromatic carbocycles. The molecule has 1 heterocycles. The van der Waals surface area contributed by atoms with Crippen molar-refractivity contribution >= 4 is 0 Å². The van der Waals surface area contributed by atoms with Crippen molar-refractivity contribution in [2.24, 2.45) is 0 Å².